The van der Waals surface area contributed by atoms with Gasteiger partial charge in [-0.15, -0.1) is 0 Å². The van der Waals surface area contributed by atoms with Crippen LogP contribution >= 0.6 is 23.5 Å². The molecule has 2 N–H and O–H groups in total. The zero-order valence-electron chi connectivity index (χ0n) is 7.20. The van der Waals surface area contributed by atoms with E-state index in [1.165, 1.54) is 0 Å². The highest BCUT2D eigenvalue weighted by molar-refractivity contribution is 8.23. The third-order valence-electron chi connectivity index (χ3n) is 0.793. The van der Waals surface area contributed by atoms with Gasteiger partial charge in [-0.1, -0.05) is 18.7 Å². The Labute approximate surface area is 76.8 Å². The van der Waals surface area contributed by atoms with E-state index < -0.39 is 0 Å². The number of nitrogens with zero attached hydrogens (tertiary/aromatic N) is 2. The van der Waals surface area contributed by atoms with Gasteiger partial charge in [0, 0.05) is 19.2 Å². The molecule has 0 atom stereocenters. The number of thioether (sulfide) groups is 2. The van der Waals surface area contributed by atoms with E-state index in [-0.39, 0.29) is 0 Å². The Hall–Kier alpha value is -0.0300. The molecule has 0 bridgehead atoms. The van der Waals surface area contributed by atoms with Crippen LogP contribution < -0.4 is 5.73 Å². The number of rotatable bonds is 4. The molecule has 0 spiro atoms. The fourth-order valence-corrected chi connectivity index (χ4v) is 2.12. The molecule has 0 radical (unpaired) electrons. The fourth-order valence-electron chi connectivity index (χ4n) is 0.411. The highest BCUT2D eigenvalue weighted by atomic mass is 32.2. The molecular weight excluding hydrogens is 178 g/mol. The van der Waals surface area contributed by atoms with Gasteiger partial charge in [-0.05, 0) is 5.75 Å². The summed E-state index contributed by atoms with van der Waals surface area (Å²) < 4.78 is 0. The molecular formula is C6H15N3S2. The van der Waals surface area contributed by atoms with Crippen LogP contribution in [0.2, 0.25) is 0 Å². The minimum absolute atomic E-state index is 0.635. The second-order valence-corrected chi connectivity index (χ2v) is 4.68. The lowest BCUT2D eigenvalue weighted by molar-refractivity contribution is 0.439. The summed E-state index contributed by atoms with van der Waals surface area (Å²) >= 11 is 3.43. The van der Waals surface area contributed by atoms with E-state index in [0.29, 0.717) is 5.17 Å². The molecule has 0 aliphatic carbocycles. The smallest absolute Gasteiger partial charge is 0.178 e. The van der Waals surface area contributed by atoms with Crippen molar-refractivity contribution in [1.82, 2.24) is 5.01 Å². The lowest BCUT2D eigenvalue weighted by atomic mass is 11.0. The monoisotopic (exact) mass is 193 g/mol. The molecule has 0 amide bonds. The predicted molar refractivity (Wildman–Crippen MR) is 55.9 cm³/mol. The van der Waals surface area contributed by atoms with Crippen LogP contribution in [0.25, 0.3) is 0 Å². The second kappa shape index (κ2) is 6.67. The van der Waals surface area contributed by atoms with Crippen LogP contribution in [0, 0.1) is 0 Å². The maximum absolute atomic E-state index is 5.57. The number of hydrogen-bond acceptors (Lipinski definition) is 4. The summed E-state index contributed by atoms with van der Waals surface area (Å²) in [6.45, 7) is 2.13. The molecule has 0 heterocycles. The standard InChI is InChI=1S/C6H15N3S2/c1-4-10-5-11-6(7)8-9(2)3/h4-5H2,1-3H3,(H2,7,8). The van der Waals surface area contributed by atoms with Crippen LogP contribution in [-0.4, -0.2) is 35.1 Å². The minimum atomic E-state index is 0.635. The molecule has 11 heavy (non-hydrogen) atoms. The van der Waals surface area contributed by atoms with Crippen LogP contribution in [0.3, 0.4) is 0 Å². The van der Waals surface area contributed by atoms with Gasteiger partial charge in [0.05, 0.1) is 0 Å². The van der Waals surface area contributed by atoms with Gasteiger partial charge in [0.25, 0.3) is 0 Å². The van der Waals surface area contributed by atoms with Gasteiger partial charge in [-0.2, -0.15) is 16.9 Å². The van der Waals surface area contributed by atoms with E-state index in [1.807, 2.05) is 25.9 Å². The number of nitrogens with two attached hydrogens (primary N) is 1. The Morgan fingerprint density at radius 1 is 1.55 bits per heavy atom. The van der Waals surface area contributed by atoms with Crippen LogP contribution in [0.1, 0.15) is 6.92 Å². The molecule has 66 valence electrons. The molecule has 0 aliphatic heterocycles. The molecule has 3 nitrogen and oxygen atoms in total. The minimum Gasteiger partial charge on any atom is -0.377 e. The Morgan fingerprint density at radius 2 is 2.18 bits per heavy atom. The van der Waals surface area contributed by atoms with Gasteiger partial charge in [-0.25, -0.2) is 0 Å². The van der Waals surface area contributed by atoms with Crippen molar-refractivity contribution in [3.8, 4) is 0 Å². The van der Waals surface area contributed by atoms with E-state index in [9.17, 15) is 0 Å². The van der Waals surface area contributed by atoms with Gasteiger partial charge in [0.15, 0.2) is 5.17 Å². The van der Waals surface area contributed by atoms with Crippen molar-refractivity contribution in [2.24, 2.45) is 10.8 Å². The Bertz CT molecular complexity index is 125. The summed E-state index contributed by atoms with van der Waals surface area (Å²) in [5, 5.41) is 7.35. The Balaban J connectivity index is 3.43. The Kier molecular flexibility index (Phi) is 6.65. The highest BCUT2D eigenvalue weighted by Crippen LogP contribution is 2.10. The van der Waals surface area contributed by atoms with E-state index in [2.05, 4.69) is 12.0 Å². The third kappa shape index (κ3) is 7.87. The van der Waals surface area contributed by atoms with E-state index in [4.69, 9.17) is 5.73 Å². The normalized spacial score (nSPS) is 11.7. The molecule has 0 fully saturated rings. The topological polar surface area (TPSA) is 41.6 Å². The first kappa shape index (κ1) is 11.0. The highest BCUT2D eigenvalue weighted by Gasteiger charge is 1.93. The molecule has 0 aromatic carbocycles. The van der Waals surface area contributed by atoms with Crippen molar-refractivity contribution in [2.45, 2.75) is 6.92 Å². The molecule has 0 saturated carbocycles. The van der Waals surface area contributed by atoms with E-state index in [0.717, 1.165) is 10.8 Å². The van der Waals surface area contributed by atoms with Crippen LogP contribution in [-0.2, 0) is 0 Å². The summed E-state index contributed by atoms with van der Waals surface area (Å²) in [7, 11) is 3.72. The largest absolute Gasteiger partial charge is 0.377 e. The van der Waals surface area contributed by atoms with Gasteiger partial charge in [0.2, 0.25) is 0 Å². The summed E-state index contributed by atoms with van der Waals surface area (Å²) in [4.78, 5) is 0. The van der Waals surface area contributed by atoms with Crippen molar-refractivity contribution in [3.63, 3.8) is 0 Å². The molecule has 0 aromatic heterocycles. The van der Waals surface area contributed by atoms with Gasteiger partial charge < -0.3 is 10.7 Å². The number of hydrogen-bond donors (Lipinski definition) is 1. The van der Waals surface area contributed by atoms with Crippen LogP contribution in [0.15, 0.2) is 5.10 Å². The van der Waals surface area contributed by atoms with E-state index in [1.54, 1.807) is 16.8 Å². The van der Waals surface area contributed by atoms with Gasteiger partial charge in [0.1, 0.15) is 0 Å². The first-order valence-corrected chi connectivity index (χ1v) is 5.52. The zero-order chi connectivity index (χ0) is 8.69. The summed E-state index contributed by atoms with van der Waals surface area (Å²) in [6.07, 6.45) is 0. The van der Waals surface area contributed by atoms with Crippen molar-refractivity contribution >= 4 is 28.7 Å². The average Bonchev–Trinajstić information content (AvgIpc) is 1.86. The molecule has 0 aliphatic rings. The first-order chi connectivity index (χ1) is 5.16. The molecule has 5 heteroatoms. The fraction of sp³-hybridized carbons (Fsp3) is 0.833. The van der Waals surface area contributed by atoms with Crippen molar-refractivity contribution in [1.29, 1.82) is 0 Å². The number of amidine groups is 1. The van der Waals surface area contributed by atoms with Crippen LogP contribution in [0.4, 0.5) is 0 Å². The number of hydrazone groups is 1. The van der Waals surface area contributed by atoms with E-state index >= 15 is 0 Å². The maximum Gasteiger partial charge on any atom is 0.178 e. The quantitative estimate of drug-likeness (QED) is 0.240. The van der Waals surface area contributed by atoms with Crippen LogP contribution in [0.5, 0.6) is 0 Å². The van der Waals surface area contributed by atoms with Gasteiger partial charge >= 0.3 is 0 Å². The SMILES string of the molecule is CCSCS/C(N)=N\N(C)C. The Morgan fingerprint density at radius 3 is 2.64 bits per heavy atom. The lowest BCUT2D eigenvalue weighted by Crippen LogP contribution is -2.13. The molecule has 0 unspecified atom stereocenters. The average molecular weight is 193 g/mol. The molecule has 0 aromatic rings. The van der Waals surface area contributed by atoms with Crippen molar-refractivity contribution < 1.29 is 0 Å². The van der Waals surface area contributed by atoms with Crippen molar-refractivity contribution in [2.75, 3.05) is 24.9 Å². The maximum atomic E-state index is 5.57. The summed E-state index contributed by atoms with van der Waals surface area (Å²) in [6, 6.07) is 0. The first-order valence-electron chi connectivity index (χ1n) is 3.38. The van der Waals surface area contributed by atoms with Gasteiger partial charge in [-0.3, -0.25) is 0 Å². The molecule has 0 saturated heterocycles. The summed E-state index contributed by atoms with van der Waals surface area (Å²) in [5.41, 5.74) is 5.57. The third-order valence-corrected chi connectivity index (χ3v) is 2.72. The van der Waals surface area contributed by atoms with Crippen molar-refractivity contribution in [3.05, 3.63) is 0 Å². The summed E-state index contributed by atoms with van der Waals surface area (Å²) in [5.74, 6) is 1.13. The second-order valence-electron chi connectivity index (χ2n) is 2.04. The molecule has 0 rings (SSSR count). The lowest BCUT2D eigenvalue weighted by Gasteiger charge is -2.05. The predicted octanol–water partition coefficient (Wildman–Crippen LogP) is 1.22. The zero-order valence-corrected chi connectivity index (χ0v) is 8.84.